The van der Waals surface area contributed by atoms with Gasteiger partial charge in [0, 0.05) is 45.3 Å². The molecular formula is C16H24ClN3OS. The van der Waals surface area contributed by atoms with E-state index in [1.54, 1.807) is 11.3 Å². The second kappa shape index (κ2) is 6.87. The van der Waals surface area contributed by atoms with E-state index in [0.717, 1.165) is 50.6 Å². The number of piperazine rings is 1. The fraction of sp³-hybridized carbons (Fsp3) is 0.688. The lowest BCUT2D eigenvalue weighted by molar-refractivity contribution is 0.0777. The second-order valence-corrected chi connectivity index (χ2v) is 7.38. The van der Waals surface area contributed by atoms with E-state index in [4.69, 9.17) is 0 Å². The fourth-order valence-corrected chi connectivity index (χ4v) is 4.58. The SMILES string of the molecule is Cl.O=C(c1sccc1C1CC1)N1CCC(N2CCNCC2)C1. The van der Waals surface area contributed by atoms with E-state index in [9.17, 15) is 4.79 Å². The van der Waals surface area contributed by atoms with Crippen LogP contribution < -0.4 is 5.32 Å². The molecule has 1 saturated carbocycles. The van der Waals surface area contributed by atoms with Crippen molar-refractivity contribution in [3.8, 4) is 0 Å². The molecule has 4 nitrogen and oxygen atoms in total. The van der Waals surface area contributed by atoms with Crippen LogP contribution in [-0.2, 0) is 0 Å². The van der Waals surface area contributed by atoms with Crippen LogP contribution in [0.25, 0.3) is 0 Å². The minimum Gasteiger partial charge on any atom is -0.336 e. The number of carbonyl (C=O) groups is 1. The lowest BCUT2D eigenvalue weighted by Crippen LogP contribution is -2.49. The Morgan fingerprint density at radius 2 is 1.95 bits per heavy atom. The first kappa shape index (κ1) is 16.2. The molecule has 6 heteroatoms. The maximum Gasteiger partial charge on any atom is 0.264 e. The standard InChI is InChI=1S/C16H23N3OS.ClH/c20-16(15-14(4-10-21-15)12-1-2-12)19-7-3-13(11-19)18-8-5-17-6-9-18;/h4,10,12-13,17H,1-3,5-9,11H2;1H. The van der Waals surface area contributed by atoms with Gasteiger partial charge in [-0.25, -0.2) is 0 Å². The number of halogens is 1. The smallest absolute Gasteiger partial charge is 0.264 e. The first-order valence-corrected chi connectivity index (χ1v) is 9.02. The molecular weight excluding hydrogens is 318 g/mol. The topological polar surface area (TPSA) is 35.6 Å². The van der Waals surface area contributed by atoms with Gasteiger partial charge >= 0.3 is 0 Å². The molecule has 4 rings (SSSR count). The largest absolute Gasteiger partial charge is 0.336 e. The average Bonchev–Trinajstić information content (AvgIpc) is 3.06. The maximum absolute atomic E-state index is 12.8. The first-order chi connectivity index (χ1) is 10.3. The van der Waals surface area contributed by atoms with Crippen LogP contribution in [0.2, 0.25) is 0 Å². The molecule has 122 valence electrons. The van der Waals surface area contributed by atoms with E-state index < -0.39 is 0 Å². The van der Waals surface area contributed by atoms with Crippen LogP contribution in [0, 0.1) is 0 Å². The highest BCUT2D eigenvalue weighted by molar-refractivity contribution is 7.12. The van der Waals surface area contributed by atoms with Crippen molar-refractivity contribution in [2.45, 2.75) is 31.2 Å². The molecule has 0 spiro atoms. The van der Waals surface area contributed by atoms with Gasteiger partial charge < -0.3 is 10.2 Å². The minimum absolute atomic E-state index is 0. The van der Waals surface area contributed by atoms with Gasteiger partial charge in [0.1, 0.15) is 0 Å². The Bertz CT molecular complexity index is 525. The van der Waals surface area contributed by atoms with Crippen LogP contribution in [0.3, 0.4) is 0 Å². The Balaban J connectivity index is 0.00000144. The molecule has 2 saturated heterocycles. The Labute approximate surface area is 142 Å². The molecule has 2 aliphatic heterocycles. The molecule has 1 atom stereocenters. The summed E-state index contributed by atoms with van der Waals surface area (Å²) in [7, 11) is 0. The van der Waals surface area contributed by atoms with Gasteiger partial charge in [-0.05, 0) is 42.2 Å². The number of nitrogens with one attached hydrogen (secondary N) is 1. The summed E-state index contributed by atoms with van der Waals surface area (Å²) in [6, 6.07) is 2.74. The zero-order valence-corrected chi connectivity index (χ0v) is 14.4. The highest BCUT2D eigenvalue weighted by Gasteiger charge is 2.35. The zero-order valence-electron chi connectivity index (χ0n) is 12.8. The number of rotatable bonds is 3. The predicted octanol–water partition coefficient (Wildman–Crippen LogP) is 2.17. The molecule has 1 aromatic heterocycles. The number of hydrogen-bond acceptors (Lipinski definition) is 4. The Morgan fingerprint density at radius 1 is 1.18 bits per heavy atom. The van der Waals surface area contributed by atoms with Crippen molar-refractivity contribution in [2.75, 3.05) is 39.3 Å². The second-order valence-electron chi connectivity index (χ2n) is 6.46. The third-order valence-electron chi connectivity index (χ3n) is 5.03. The van der Waals surface area contributed by atoms with Crippen LogP contribution in [0.1, 0.15) is 40.4 Å². The highest BCUT2D eigenvalue weighted by atomic mass is 35.5. The normalized spacial score (nSPS) is 26.0. The molecule has 1 N–H and O–H groups in total. The van der Waals surface area contributed by atoms with Crippen LogP contribution >= 0.6 is 23.7 Å². The summed E-state index contributed by atoms with van der Waals surface area (Å²) in [6.45, 7) is 6.26. The van der Waals surface area contributed by atoms with Crippen molar-refractivity contribution in [3.63, 3.8) is 0 Å². The Morgan fingerprint density at radius 3 is 2.68 bits per heavy atom. The molecule has 1 unspecified atom stereocenters. The summed E-state index contributed by atoms with van der Waals surface area (Å²) in [4.78, 5) is 18.5. The first-order valence-electron chi connectivity index (χ1n) is 8.14. The van der Waals surface area contributed by atoms with Crippen LogP contribution in [-0.4, -0.2) is 61.0 Å². The lowest BCUT2D eigenvalue weighted by Gasteiger charge is -2.32. The zero-order chi connectivity index (χ0) is 14.2. The lowest BCUT2D eigenvalue weighted by atomic mass is 10.1. The van der Waals surface area contributed by atoms with Crippen LogP contribution in [0.5, 0.6) is 0 Å². The van der Waals surface area contributed by atoms with Gasteiger partial charge in [0.05, 0.1) is 4.88 Å². The molecule has 1 amide bonds. The molecule has 0 bridgehead atoms. The van der Waals surface area contributed by atoms with Gasteiger partial charge in [0.15, 0.2) is 0 Å². The van der Waals surface area contributed by atoms with E-state index >= 15 is 0 Å². The van der Waals surface area contributed by atoms with E-state index in [-0.39, 0.29) is 18.3 Å². The van der Waals surface area contributed by atoms with Crippen molar-refractivity contribution >= 4 is 29.7 Å². The average molecular weight is 342 g/mol. The summed E-state index contributed by atoms with van der Waals surface area (Å²) < 4.78 is 0. The Hall–Kier alpha value is -0.620. The summed E-state index contributed by atoms with van der Waals surface area (Å²) in [6.07, 6.45) is 3.66. The predicted molar refractivity (Wildman–Crippen MR) is 92.3 cm³/mol. The van der Waals surface area contributed by atoms with E-state index in [2.05, 4.69) is 26.6 Å². The van der Waals surface area contributed by atoms with Gasteiger partial charge in [-0.3, -0.25) is 9.69 Å². The van der Waals surface area contributed by atoms with E-state index in [1.165, 1.54) is 18.4 Å². The molecule has 1 aromatic rings. The van der Waals surface area contributed by atoms with Crippen LogP contribution in [0.4, 0.5) is 0 Å². The number of likely N-dealkylation sites (tertiary alicyclic amines) is 1. The van der Waals surface area contributed by atoms with E-state index in [0.29, 0.717) is 12.0 Å². The monoisotopic (exact) mass is 341 g/mol. The van der Waals surface area contributed by atoms with Gasteiger partial charge in [-0.1, -0.05) is 0 Å². The molecule has 22 heavy (non-hydrogen) atoms. The van der Waals surface area contributed by atoms with Crippen molar-refractivity contribution in [1.82, 2.24) is 15.1 Å². The molecule has 3 fully saturated rings. The van der Waals surface area contributed by atoms with Crippen molar-refractivity contribution in [3.05, 3.63) is 21.9 Å². The van der Waals surface area contributed by atoms with Gasteiger partial charge in [0.2, 0.25) is 0 Å². The third-order valence-corrected chi connectivity index (χ3v) is 5.94. The third kappa shape index (κ3) is 3.18. The molecule has 1 aliphatic carbocycles. The van der Waals surface area contributed by atoms with Gasteiger partial charge in [0.25, 0.3) is 5.91 Å². The molecule has 3 heterocycles. The fourth-order valence-electron chi connectivity index (χ4n) is 3.62. The minimum atomic E-state index is 0. The number of hydrogen-bond donors (Lipinski definition) is 1. The number of carbonyl (C=O) groups excluding carboxylic acids is 1. The van der Waals surface area contributed by atoms with Gasteiger partial charge in [-0.15, -0.1) is 23.7 Å². The van der Waals surface area contributed by atoms with Gasteiger partial charge in [-0.2, -0.15) is 0 Å². The number of amides is 1. The van der Waals surface area contributed by atoms with Crippen molar-refractivity contribution in [2.24, 2.45) is 0 Å². The van der Waals surface area contributed by atoms with Crippen molar-refractivity contribution < 1.29 is 4.79 Å². The highest BCUT2D eigenvalue weighted by Crippen LogP contribution is 2.43. The molecule has 0 aromatic carbocycles. The summed E-state index contributed by atoms with van der Waals surface area (Å²) in [5.74, 6) is 0.950. The van der Waals surface area contributed by atoms with Crippen molar-refractivity contribution in [1.29, 1.82) is 0 Å². The Kier molecular flexibility index (Phi) is 5.07. The summed E-state index contributed by atoms with van der Waals surface area (Å²) in [5, 5.41) is 5.49. The summed E-state index contributed by atoms with van der Waals surface area (Å²) >= 11 is 1.63. The maximum atomic E-state index is 12.8. The molecule has 0 radical (unpaired) electrons. The number of thiophene rings is 1. The number of nitrogens with zero attached hydrogens (tertiary/aromatic N) is 2. The summed E-state index contributed by atoms with van der Waals surface area (Å²) in [5.41, 5.74) is 1.32. The van der Waals surface area contributed by atoms with Crippen LogP contribution in [0.15, 0.2) is 11.4 Å². The quantitative estimate of drug-likeness (QED) is 0.915. The van der Waals surface area contributed by atoms with E-state index in [1.807, 2.05) is 0 Å². The molecule has 3 aliphatic rings.